The number of rotatable bonds is 4. The average molecular weight is 232 g/mol. The van der Waals surface area contributed by atoms with E-state index in [2.05, 4.69) is 11.4 Å². The van der Waals surface area contributed by atoms with Gasteiger partial charge in [0.05, 0.1) is 5.41 Å². The quantitative estimate of drug-likeness (QED) is 0.804. The molecule has 1 N–H and O–H groups in total. The zero-order valence-corrected chi connectivity index (χ0v) is 10.8. The molecular formula is C14H20N2O. The van der Waals surface area contributed by atoms with Crippen LogP contribution in [0.25, 0.3) is 0 Å². The third-order valence-electron chi connectivity index (χ3n) is 3.46. The third-order valence-corrected chi connectivity index (χ3v) is 3.46. The maximum Gasteiger partial charge on any atom is 0.237 e. The van der Waals surface area contributed by atoms with Crippen molar-refractivity contribution in [1.82, 2.24) is 5.32 Å². The molecule has 92 valence electrons. The van der Waals surface area contributed by atoms with Gasteiger partial charge in [0, 0.05) is 12.2 Å². The molecule has 0 saturated heterocycles. The number of para-hydroxylation sites is 1. The lowest BCUT2D eigenvalue weighted by Crippen LogP contribution is -2.37. The number of anilines is 1. The number of carbonyl (C=O) groups excluding carboxylic acids is 1. The Hall–Kier alpha value is -1.35. The van der Waals surface area contributed by atoms with Gasteiger partial charge in [-0.05, 0) is 45.5 Å². The molecule has 1 aliphatic rings. The van der Waals surface area contributed by atoms with E-state index in [4.69, 9.17) is 0 Å². The normalized spacial score (nSPS) is 17.4. The fraction of sp³-hybridized carbons (Fsp3) is 0.500. The monoisotopic (exact) mass is 232 g/mol. The van der Waals surface area contributed by atoms with Crippen LogP contribution in [0.5, 0.6) is 0 Å². The molecule has 1 amide bonds. The van der Waals surface area contributed by atoms with Crippen LogP contribution >= 0.6 is 0 Å². The van der Waals surface area contributed by atoms with Gasteiger partial charge in [0.1, 0.15) is 0 Å². The molecule has 0 aromatic heterocycles. The molecule has 3 nitrogen and oxygen atoms in total. The molecule has 0 fully saturated rings. The third kappa shape index (κ3) is 1.95. The van der Waals surface area contributed by atoms with Crippen molar-refractivity contribution in [3.8, 4) is 0 Å². The number of fused-ring (bicyclic) bond motifs is 1. The number of carbonyl (C=O) groups is 1. The molecule has 3 heteroatoms. The summed E-state index contributed by atoms with van der Waals surface area (Å²) in [7, 11) is 1.93. The Labute approximate surface area is 103 Å². The topological polar surface area (TPSA) is 32.3 Å². The summed E-state index contributed by atoms with van der Waals surface area (Å²) in [4.78, 5) is 14.3. The van der Waals surface area contributed by atoms with E-state index in [1.165, 1.54) is 0 Å². The molecule has 0 unspecified atom stereocenters. The van der Waals surface area contributed by atoms with Crippen LogP contribution in [0.3, 0.4) is 0 Å². The molecule has 0 saturated carbocycles. The molecular weight excluding hydrogens is 212 g/mol. The van der Waals surface area contributed by atoms with Gasteiger partial charge in [0.25, 0.3) is 0 Å². The number of amides is 1. The molecule has 0 spiro atoms. The first-order valence-electron chi connectivity index (χ1n) is 6.15. The van der Waals surface area contributed by atoms with Crippen molar-refractivity contribution in [1.29, 1.82) is 0 Å². The van der Waals surface area contributed by atoms with E-state index >= 15 is 0 Å². The van der Waals surface area contributed by atoms with E-state index in [0.29, 0.717) is 0 Å². The van der Waals surface area contributed by atoms with Crippen molar-refractivity contribution in [3.05, 3.63) is 29.8 Å². The second-order valence-electron chi connectivity index (χ2n) is 5.06. The van der Waals surface area contributed by atoms with Crippen LogP contribution in [-0.4, -0.2) is 26.0 Å². The van der Waals surface area contributed by atoms with Crippen LogP contribution in [0.15, 0.2) is 24.3 Å². The molecule has 0 atom stereocenters. The number of nitrogens with one attached hydrogen (secondary N) is 1. The molecule has 0 radical (unpaired) electrons. The van der Waals surface area contributed by atoms with Crippen molar-refractivity contribution in [3.63, 3.8) is 0 Å². The molecule has 1 heterocycles. The Balaban J connectivity index is 2.27. The zero-order chi connectivity index (χ0) is 12.5. The summed E-state index contributed by atoms with van der Waals surface area (Å²) in [5, 5.41) is 3.11. The Morgan fingerprint density at radius 3 is 2.71 bits per heavy atom. The van der Waals surface area contributed by atoms with Gasteiger partial charge in [0.2, 0.25) is 5.91 Å². The van der Waals surface area contributed by atoms with Crippen LogP contribution in [0.1, 0.15) is 25.8 Å². The van der Waals surface area contributed by atoms with Gasteiger partial charge in [-0.1, -0.05) is 18.2 Å². The van der Waals surface area contributed by atoms with E-state index in [0.717, 1.165) is 30.8 Å². The SMILES string of the molecule is CNCCCN1C(=O)C(C)(C)c2ccccc21. The maximum atomic E-state index is 12.4. The molecule has 17 heavy (non-hydrogen) atoms. The lowest BCUT2D eigenvalue weighted by atomic mass is 9.86. The molecule has 0 aliphatic carbocycles. The number of benzene rings is 1. The fourth-order valence-electron chi connectivity index (χ4n) is 2.44. The second-order valence-corrected chi connectivity index (χ2v) is 5.06. The van der Waals surface area contributed by atoms with Gasteiger partial charge >= 0.3 is 0 Å². The number of hydrogen-bond acceptors (Lipinski definition) is 2. The highest BCUT2D eigenvalue weighted by atomic mass is 16.2. The highest BCUT2D eigenvalue weighted by Crippen LogP contribution is 2.41. The summed E-state index contributed by atoms with van der Waals surface area (Å²) < 4.78 is 0. The summed E-state index contributed by atoms with van der Waals surface area (Å²) in [6.45, 7) is 5.74. The lowest BCUT2D eigenvalue weighted by molar-refractivity contribution is -0.122. The van der Waals surface area contributed by atoms with Gasteiger partial charge in [0.15, 0.2) is 0 Å². The average Bonchev–Trinajstić information content (AvgIpc) is 2.51. The minimum Gasteiger partial charge on any atom is -0.320 e. The van der Waals surface area contributed by atoms with E-state index in [1.807, 2.05) is 44.0 Å². The van der Waals surface area contributed by atoms with Gasteiger partial charge in [-0.3, -0.25) is 4.79 Å². The van der Waals surface area contributed by atoms with Crippen LogP contribution in [0.4, 0.5) is 5.69 Å². The van der Waals surface area contributed by atoms with Crippen molar-refractivity contribution in [2.45, 2.75) is 25.7 Å². The molecule has 1 aromatic rings. The molecule has 0 bridgehead atoms. The summed E-state index contributed by atoms with van der Waals surface area (Å²) in [6, 6.07) is 8.11. The van der Waals surface area contributed by atoms with Crippen LogP contribution in [0, 0.1) is 0 Å². The Morgan fingerprint density at radius 1 is 1.29 bits per heavy atom. The Morgan fingerprint density at radius 2 is 2.00 bits per heavy atom. The van der Waals surface area contributed by atoms with E-state index in [1.54, 1.807) is 0 Å². The summed E-state index contributed by atoms with van der Waals surface area (Å²) in [6.07, 6.45) is 0.979. The molecule has 2 rings (SSSR count). The van der Waals surface area contributed by atoms with Crippen LogP contribution in [-0.2, 0) is 10.2 Å². The minimum atomic E-state index is -0.379. The second kappa shape index (κ2) is 4.49. The maximum absolute atomic E-state index is 12.4. The van der Waals surface area contributed by atoms with Gasteiger partial charge in [-0.25, -0.2) is 0 Å². The van der Waals surface area contributed by atoms with Crippen molar-refractivity contribution in [2.75, 3.05) is 25.0 Å². The Kier molecular flexibility index (Phi) is 3.20. The number of hydrogen-bond donors (Lipinski definition) is 1. The predicted octanol–water partition coefficient (Wildman–Crippen LogP) is 1.92. The molecule has 1 aliphatic heterocycles. The first-order chi connectivity index (χ1) is 8.09. The van der Waals surface area contributed by atoms with Gasteiger partial charge < -0.3 is 10.2 Å². The van der Waals surface area contributed by atoms with Crippen molar-refractivity contribution >= 4 is 11.6 Å². The van der Waals surface area contributed by atoms with E-state index in [9.17, 15) is 4.79 Å². The van der Waals surface area contributed by atoms with Crippen LogP contribution in [0.2, 0.25) is 0 Å². The summed E-state index contributed by atoms with van der Waals surface area (Å²) in [5.41, 5.74) is 1.85. The standard InChI is InChI=1S/C14H20N2O/c1-14(2)11-7-4-5-8-12(11)16(13(14)17)10-6-9-15-3/h4-5,7-8,15H,6,9-10H2,1-3H3. The lowest BCUT2D eigenvalue weighted by Gasteiger charge is -2.20. The fourth-order valence-corrected chi connectivity index (χ4v) is 2.44. The first-order valence-corrected chi connectivity index (χ1v) is 6.15. The smallest absolute Gasteiger partial charge is 0.237 e. The predicted molar refractivity (Wildman–Crippen MR) is 70.4 cm³/mol. The number of nitrogens with zero attached hydrogens (tertiary/aromatic N) is 1. The molecule has 1 aromatic carbocycles. The van der Waals surface area contributed by atoms with E-state index < -0.39 is 0 Å². The van der Waals surface area contributed by atoms with Gasteiger partial charge in [-0.15, -0.1) is 0 Å². The first kappa shape index (κ1) is 12.1. The zero-order valence-electron chi connectivity index (χ0n) is 10.8. The van der Waals surface area contributed by atoms with Crippen LogP contribution < -0.4 is 10.2 Å². The van der Waals surface area contributed by atoms with Crippen molar-refractivity contribution in [2.24, 2.45) is 0 Å². The Bertz CT molecular complexity index is 426. The minimum absolute atomic E-state index is 0.217. The van der Waals surface area contributed by atoms with Crippen molar-refractivity contribution < 1.29 is 4.79 Å². The largest absolute Gasteiger partial charge is 0.320 e. The highest BCUT2D eigenvalue weighted by Gasteiger charge is 2.42. The summed E-state index contributed by atoms with van der Waals surface area (Å²) >= 11 is 0. The van der Waals surface area contributed by atoms with Gasteiger partial charge in [-0.2, -0.15) is 0 Å². The summed E-state index contributed by atoms with van der Waals surface area (Å²) in [5.74, 6) is 0.217. The highest BCUT2D eigenvalue weighted by molar-refractivity contribution is 6.07. The van der Waals surface area contributed by atoms with E-state index in [-0.39, 0.29) is 11.3 Å².